The van der Waals surface area contributed by atoms with Crippen molar-refractivity contribution < 1.29 is 24.1 Å². The maximum Gasteiger partial charge on any atom is 0.231 e. The van der Waals surface area contributed by atoms with Crippen LogP contribution in [0.4, 0.5) is 0 Å². The van der Waals surface area contributed by atoms with Gasteiger partial charge in [0.05, 0.1) is 19.8 Å². The van der Waals surface area contributed by atoms with Crippen LogP contribution in [-0.4, -0.2) is 44.6 Å². The fraction of sp³-hybridized carbons (Fsp3) is 0.455. The third kappa shape index (κ3) is 1.99. The standard InChI is InChI=1S/C22H25NO5/c1-21(24)15-5-6-17-20(28-12-27-17)14(15)11-22(21)16-10-19(26-4)18(25-3)9-13(16)7-8-23(22)2/h5-6,9-10,24H,7-8,11-12H2,1-4H3. The van der Waals surface area contributed by atoms with Crippen LogP contribution in [0.3, 0.4) is 0 Å². The second-order valence-corrected chi connectivity index (χ2v) is 7.97. The predicted octanol–water partition coefficient (Wildman–Crippen LogP) is 2.58. The lowest BCUT2D eigenvalue weighted by Crippen LogP contribution is -2.58. The smallest absolute Gasteiger partial charge is 0.231 e. The van der Waals surface area contributed by atoms with Gasteiger partial charge in [0.1, 0.15) is 5.60 Å². The number of fused-ring (bicyclic) bond motifs is 5. The summed E-state index contributed by atoms with van der Waals surface area (Å²) in [6, 6.07) is 7.95. The first-order valence-electron chi connectivity index (χ1n) is 9.55. The van der Waals surface area contributed by atoms with E-state index in [4.69, 9.17) is 18.9 Å². The number of nitrogens with zero attached hydrogens (tertiary/aromatic N) is 1. The van der Waals surface area contributed by atoms with Gasteiger partial charge >= 0.3 is 0 Å². The van der Waals surface area contributed by atoms with Gasteiger partial charge in [-0.3, -0.25) is 4.90 Å². The highest BCUT2D eigenvalue weighted by Gasteiger charge is 2.60. The van der Waals surface area contributed by atoms with E-state index in [1.165, 1.54) is 5.56 Å². The summed E-state index contributed by atoms with van der Waals surface area (Å²) in [6.07, 6.45) is 1.53. The Morgan fingerprint density at radius 2 is 1.82 bits per heavy atom. The number of rotatable bonds is 2. The summed E-state index contributed by atoms with van der Waals surface area (Å²) in [4.78, 5) is 2.27. The monoisotopic (exact) mass is 383 g/mol. The summed E-state index contributed by atoms with van der Waals surface area (Å²) >= 11 is 0. The molecule has 2 atom stereocenters. The van der Waals surface area contributed by atoms with Crippen LogP contribution < -0.4 is 18.9 Å². The molecule has 2 heterocycles. The minimum absolute atomic E-state index is 0.221. The van der Waals surface area contributed by atoms with Crippen LogP contribution in [0.5, 0.6) is 23.0 Å². The van der Waals surface area contributed by atoms with Crippen LogP contribution in [-0.2, 0) is 24.0 Å². The molecule has 2 aromatic rings. The first-order valence-corrected chi connectivity index (χ1v) is 9.55. The number of methoxy groups -OCH3 is 2. The van der Waals surface area contributed by atoms with Crippen LogP contribution in [0, 0.1) is 0 Å². The van der Waals surface area contributed by atoms with Crippen molar-refractivity contribution in [3.05, 3.63) is 46.5 Å². The Morgan fingerprint density at radius 3 is 2.57 bits per heavy atom. The number of aliphatic hydroxyl groups is 1. The summed E-state index contributed by atoms with van der Waals surface area (Å²) in [5.41, 5.74) is 2.45. The molecule has 3 aliphatic rings. The van der Waals surface area contributed by atoms with E-state index in [1.807, 2.05) is 31.2 Å². The van der Waals surface area contributed by atoms with Gasteiger partial charge in [0.2, 0.25) is 6.79 Å². The van der Waals surface area contributed by atoms with Gasteiger partial charge in [-0.25, -0.2) is 0 Å². The SMILES string of the molecule is COc1cc2c(cc1OC)C1(Cc3c(ccc4c3OCO4)C1(C)O)N(C)CC2. The molecule has 1 aliphatic carbocycles. The first-order chi connectivity index (χ1) is 13.4. The molecule has 2 aromatic carbocycles. The lowest BCUT2D eigenvalue weighted by Gasteiger charge is -2.51. The van der Waals surface area contributed by atoms with Gasteiger partial charge in [0, 0.05) is 18.5 Å². The molecular weight excluding hydrogens is 358 g/mol. The Kier molecular flexibility index (Phi) is 3.64. The second kappa shape index (κ2) is 5.78. The molecule has 0 amide bonds. The van der Waals surface area contributed by atoms with E-state index in [1.54, 1.807) is 14.2 Å². The summed E-state index contributed by atoms with van der Waals surface area (Å²) in [5.74, 6) is 2.90. The summed E-state index contributed by atoms with van der Waals surface area (Å²) in [5, 5.41) is 12.0. The molecule has 0 fully saturated rings. The van der Waals surface area contributed by atoms with Gasteiger partial charge in [-0.05, 0) is 55.3 Å². The number of ether oxygens (including phenoxy) is 4. The Labute approximate surface area is 164 Å². The molecule has 0 saturated carbocycles. The largest absolute Gasteiger partial charge is 0.493 e. The molecule has 2 unspecified atom stereocenters. The van der Waals surface area contributed by atoms with Crippen molar-refractivity contribution in [1.29, 1.82) is 0 Å². The van der Waals surface area contributed by atoms with E-state index in [0.29, 0.717) is 17.9 Å². The Hall–Kier alpha value is -2.44. The lowest BCUT2D eigenvalue weighted by atomic mass is 9.70. The van der Waals surface area contributed by atoms with Gasteiger partial charge in [-0.2, -0.15) is 0 Å². The predicted molar refractivity (Wildman–Crippen MR) is 103 cm³/mol. The van der Waals surface area contributed by atoms with E-state index in [-0.39, 0.29) is 6.79 Å². The summed E-state index contributed by atoms with van der Waals surface area (Å²) in [7, 11) is 5.37. The molecule has 0 radical (unpaired) electrons. The minimum Gasteiger partial charge on any atom is -0.493 e. The highest BCUT2D eigenvalue weighted by atomic mass is 16.7. The fourth-order valence-electron chi connectivity index (χ4n) is 5.37. The number of hydrogen-bond acceptors (Lipinski definition) is 6. The van der Waals surface area contributed by atoms with Crippen molar-refractivity contribution in [3.8, 4) is 23.0 Å². The van der Waals surface area contributed by atoms with Crippen LogP contribution in [0.1, 0.15) is 29.2 Å². The Bertz CT molecular complexity index is 970. The molecule has 2 aliphatic heterocycles. The normalized spacial score (nSPS) is 27.6. The van der Waals surface area contributed by atoms with Crippen LogP contribution >= 0.6 is 0 Å². The molecule has 6 heteroatoms. The van der Waals surface area contributed by atoms with E-state index >= 15 is 0 Å². The van der Waals surface area contributed by atoms with Crippen LogP contribution in [0.25, 0.3) is 0 Å². The summed E-state index contributed by atoms with van der Waals surface area (Å²) < 4.78 is 22.5. The van der Waals surface area contributed by atoms with E-state index in [0.717, 1.165) is 41.2 Å². The maximum atomic E-state index is 12.0. The quantitative estimate of drug-likeness (QED) is 0.860. The van der Waals surface area contributed by atoms with Crippen molar-refractivity contribution in [2.24, 2.45) is 0 Å². The third-order valence-electron chi connectivity index (χ3n) is 6.83. The number of likely N-dealkylation sites (N-methyl/N-ethyl adjacent to an activating group) is 1. The molecule has 5 rings (SSSR count). The number of hydrogen-bond donors (Lipinski definition) is 1. The van der Waals surface area contributed by atoms with Crippen molar-refractivity contribution in [1.82, 2.24) is 4.90 Å². The second-order valence-electron chi connectivity index (χ2n) is 7.97. The fourth-order valence-corrected chi connectivity index (χ4v) is 5.37. The lowest BCUT2D eigenvalue weighted by molar-refractivity contribution is -0.0985. The Balaban J connectivity index is 1.76. The van der Waals surface area contributed by atoms with E-state index < -0.39 is 11.1 Å². The highest BCUT2D eigenvalue weighted by Crippen LogP contribution is 2.59. The zero-order valence-corrected chi connectivity index (χ0v) is 16.7. The maximum absolute atomic E-state index is 12.0. The third-order valence-corrected chi connectivity index (χ3v) is 6.83. The Morgan fingerprint density at radius 1 is 1.07 bits per heavy atom. The molecule has 6 nitrogen and oxygen atoms in total. The van der Waals surface area contributed by atoms with E-state index in [2.05, 4.69) is 11.9 Å². The first kappa shape index (κ1) is 17.6. The van der Waals surface area contributed by atoms with Crippen molar-refractivity contribution in [2.45, 2.75) is 30.9 Å². The zero-order valence-electron chi connectivity index (χ0n) is 16.7. The topological polar surface area (TPSA) is 60.4 Å². The van der Waals surface area contributed by atoms with Gasteiger partial charge in [0.25, 0.3) is 0 Å². The van der Waals surface area contributed by atoms with Crippen molar-refractivity contribution >= 4 is 0 Å². The van der Waals surface area contributed by atoms with Gasteiger partial charge in [-0.1, -0.05) is 6.07 Å². The van der Waals surface area contributed by atoms with Crippen molar-refractivity contribution in [2.75, 3.05) is 34.6 Å². The van der Waals surface area contributed by atoms with E-state index in [9.17, 15) is 5.11 Å². The van der Waals surface area contributed by atoms with Crippen molar-refractivity contribution in [3.63, 3.8) is 0 Å². The highest BCUT2D eigenvalue weighted by molar-refractivity contribution is 5.62. The minimum atomic E-state index is -1.10. The van der Waals surface area contributed by atoms with Gasteiger partial charge < -0.3 is 24.1 Å². The van der Waals surface area contributed by atoms with Gasteiger partial charge in [0.15, 0.2) is 23.0 Å². The molecule has 28 heavy (non-hydrogen) atoms. The molecule has 0 aromatic heterocycles. The molecule has 0 saturated heterocycles. The summed E-state index contributed by atoms with van der Waals surface area (Å²) in [6.45, 7) is 2.97. The average Bonchev–Trinajstić information content (AvgIpc) is 3.25. The van der Waals surface area contributed by atoms with Crippen LogP contribution in [0.2, 0.25) is 0 Å². The number of benzene rings is 2. The van der Waals surface area contributed by atoms with Crippen LogP contribution in [0.15, 0.2) is 24.3 Å². The molecule has 1 spiro atoms. The molecule has 1 N–H and O–H groups in total. The zero-order chi connectivity index (χ0) is 19.7. The molecular formula is C22H25NO5. The average molecular weight is 383 g/mol. The van der Waals surface area contributed by atoms with Gasteiger partial charge in [-0.15, -0.1) is 0 Å². The molecule has 148 valence electrons. The molecule has 0 bridgehead atoms.